The third-order valence-corrected chi connectivity index (χ3v) is 6.32. The first-order chi connectivity index (χ1) is 10.7. The van der Waals surface area contributed by atoms with Gasteiger partial charge >= 0.3 is 5.97 Å². The van der Waals surface area contributed by atoms with Gasteiger partial charge in [-0.3, -0.25) is 9.59 Å². The van der Waals surface area contributed by atoms with Gasteiger partial charge < -0.3 is 10.4 Å². The van der Waals surface area contributed by atoms with Crippen LogP contribution in [0.4, 0.5) is 0 Å². The average Bonchev–Trinajstić information content (AvgIpc) is 2.55. The molecule has 4 heteroatoms. The fourth-order valence-corrected chi connectivity index (χ4v) is 5.15. The Bertz CT molecular complexity index is 421. The maximum absolute atomic E-state index is 12.7. The smallest absolute Gasteiger partial charge is 0.307 e. The average molecular weight is 307 g/mol. The van der Waals surface area contributed by atoms with Crippen molar-refractivity contribution in [2.24, 2.45) is 23.7 Å². The number of nitrogens with one attached hydrogen (secondary N) is 1. The van der Waals surface area contributed by atoms with Crippen molar-refractivity contribution >= 4 is 11.9 Å². The van der Waals surface area contributed by atoms with Crippen LogP contribution in [-0.2, 0) is 9.59 Å². The first kappa shape index (κ1) is 15.8. The molecule has 0 bridgehead atoms. The van der Waals surface area contributed by atoms with E-state index >= 15 is 0 Å². The lowest BCUT2D eigenvalue weighted by Gasteiger charge is -2.42. The highest BCUT2D eigenvalue weighted by Crippen LogP contribution is 2.41. The second-order valence-electron chi connectivity index (χ2n) is 7.59. The van der Waals surface area contributed by atoms with Gasteiger partial charge in [-0.25, -0.2) is 0 Å². The molecule has 0 saturated heterocycles. The summed E-state index contributed by atoms with van der Waals surface area (Å²) < 4.78 is 0. The second kappa shape index (κ2) is 7.01. The summed E-state index contributed by atoms with van der Waals surface area (Å²) in [5, 5.41) is 12.6. The molecule has 3 saturated carbocycles. The highest BCUT2D eigenvalue weighted by Gasteiger charge is 2.39. The molecule has 0 aromatic carbocycles. The lowest BCUT2D eigenvalue weighted by Crippen LogP contribution is -2.50. The zero-order valence-electron chi connectivity index (χ0n) is 13.4. The molecule has 5 unspecified atom stereocenters. The van der Waals surface area contributed by atoms with Crippen LogP contribution < -0.4 is 5.32 Å². The Morgan fingerprint density at radius 1 is 0.773 bits per heavy atom. The molecule has 5 atom stereocenters. The van der Waals surface area contributed by atoms with Gasteiger partial charge in [0, 0.05) is 6.04 Å². The number of hydrogen-bond acceptors (Lipinski definition) is 2. The zero-order chi connectivity index (χ0) is 15.5. The molecule has 1 amide bonds. The Balaban J connectivity index is 1.63. The van der Waals surface area contributed by atoms with Crippen molar-refractivity contribution in [1.82, 2.24) is 5.32 Å². The van der Waals surface area contributed by atoms with E-state index in [2.05, 4.69) is 5.32 Å². The van der Waals surface area contributed by atoms with Crippen molar-refractivity contribution in [3.63, 3.8) is 0 Å². The summed E-state index contributed by atoms with van der Waals surface area (Å²) in [6.45, 7) is 0. The van der Waals surface area contributed by atoms with Gasteiger partial charge in [-0.2, -0.15) is 0 Å². The minimum atomic E-state index is -0.793. The molecule has 0 heterocycles. The Hall–Kier alpha value is -1.06. The summed E-state index contributed by atoms with van der Waals surface area (Å²) in [7, 11) is 0. The van der Waals surface area contributed by atoms with Crippen LogP contribution in [0.15, 0.2) is 0 Å². The van der Waals surface area contributed by atoms with Gasteiger partial charge in [0.05, 0.1) is 11.8 Å². The fourth-order valence-electron chi connectivity index (χ4n) is 5.15. The van der Waals surface area contributed by atoms with Gasteiger partial charge in [0.15, 0.2) is 0 Å². The summed E-state index contributed by atoms with van der Waals surface area (Å²) in [4.78, 5) is 24.1. The number of fused-ring (bicyclic) bond motifs is 1. The van der Waals surface area contributed by atoms with Gasteiger partial charge in [-0.05, 0) is 37.5 Å². The zero-order valence-corrected chi connectivity index (χ0v) is 13.4. The number of aliphatic carboxylic acids is 1. The van der Waals surface area contributed by atoms with Gasteiger partial charge in [-0.1, -0.05) is 44.9 Å². The molecule has 0 aliphatic heterocycles. The van der Waals surface area contributed by atoms with Gasteiger partial charge in [-0.15, -0.1) is 0 Å². The summed E-state index contributed by atoms with van der Waals surface area (Å²) in [5.74, 6) is -0.134. The molecule has 3 aliphatic carbocycles. The molecule has 4 nitrogen and oxygen atoms in total. The van der Waals surface area contributed by atoms with E-state index in [1.165, 1.54) is 38.5 Å². The molecule has 0 aromatic rings. The molecule has 3 fully saturated rings. The molecule has 0 radical (unpaired) electrons. The highest BCUT2D eigenvalue weighted by molar-refractivity contribution is 5.85. The van der Waals surface area contributed by atoms with Crippen LogP contribution in [0.3, 0.4) is 0 Å². The Morgan fingerprint density at radius 2 is 1.41 bits per heavy atom. The number of hydrogen-bond donors (Lipinski definition) is 2. The van der Waals surface area contributed by atoms with E-state index in [-0.39, 0.29) is 11.8 Å². The maximum Gasteiger partial charge on any atom is 0.307 e. The molecule has 22 heavy (non-hydrogen) atoms. The third-order valence-electron chi connectivity index (χ3n) is 6.32. The summed E-state index contributed by atoms with van der Waals surface area (Å²) in [6, 6.07) is 0.294. The van der Waals surface area contributed by atoms with Crippen molar-refractivity contribution in [3.8, 4) is 0 Å². The fraction of sp³-hybridized carbons (Fsp3) is 0.889. The van der Waals surface area contributed by atoms with E-state index in [9.17, 15) is 14.7 Å². The summed E-state index contributed by atoms with van der Waals surface area (Å²) in [6.07, 6.45) is 12.1. The normalized spacial score (nSPS) is 38.8. The molecule has 0 aromatic heterocycles. The number of carbonyl (C=O) groups excluding carboxylic acids is 1. The highest BCUT2D eigenvalue weighted by atomic mass is 16.4. The van der Waals surface area contributed by atoms with Gasteiger partial charge in [0.1, 0.15) is 0 Å². The van der Waals surface area contributed by atoms with E-state index in [4.69, 9.17) is 0 Å². The predicted octanol–water partition coefficient (Wildman–Crippen LogP) is 3.35. The molecular weight excluding hydrogens is 278 g/mol. The Kier molecular flexibility index (Phi) is 5.04. The third kappa shape index (κ3) is 3.31. The van der Waals surface area contributed by atoms with Crippen LogP contribution >= 0.6 is 0 Å². The van der Waals surface area contributed by atoms with E-state index < -0.39 is 11.9 Å². The van der Waals surface area contributed by atoms with Crippen molar-refractivity contribution in [2.45, 2.75) is 76.7 Å². The van der Waals surface area contributed by atoms with E-state index in [1.54, 1.807) is 0 Å². The van der Waals surface area contributed by atoms with Crippen LogP contribution in [0, 0.1) is 23.7 Å². The molecule has 3 aliphatic rings. The molecule has 124 valence electrons. The first-order valence-corrected chi connectivity index (χ1v) is 9.20. The van der Waals surface area contributed by atoms with E-state index in [1.807, 2.05) is 0 Å². The topological polar surface area (TPSA) is 66.4 Å². The van der Waals surface area contributed by atoms with Crippen molar-refractivity contribution in [1.29, 1.82) is 0 Å². The first-order valence-electron chi connectivity index (χ1n) is 9.20. The van der Waals surface area contributed by atoms with Gasteiger partial charge in [0.25, 0.3) is 0 Å². The molecule has 0 spiro atoms. The van der Waals surface area contributed by atoms with Crippen LogP contribution in [0.2, 0.25) is 0 Å². The summed E-state index contributed by atoms with van der Waals surface area (Å²) in [5.41, 5.74) is 0. The largest absolute Gasteiger partial charge is 0.481 e. The number of amides is 1. The lowest BCUT2D eigenvalue weighted by molar-refractivity contribution is -0.149. The second-order valence-corrected chi connectivity index (χ2v) is 7.59. The van der Waals surface area contributed by atoms with E-state index in [0.717, 1.165) is 31.6 Å². The predicted molar refractivity (Wildman–Crippen MR) is 84.3 cm³/mol. The maximum atomic E-state index is 12.7. The SMILES string of the molecule is O=C(O)C1CCCCC1C(=O)NC1CCCC2CCCCC21. The number of carboxylic acids is 1. The number of rotatable bonds is 3. The minimum Gasteiger partial charge on any atom is -0.481 e. The number of carboxylic acid groups (broad SMARTS) is 1. The van der Waals surface area contributed by atoms with Crippen molar-refractivity contribution < 1.29 is 14.7 Å². The number of carbonyl (C=O) groups is 2. The lowest BCUT2D eigenvalue weighted by atomic mass is 9.68. The van der Waals surface area contributed by atoms with Gasteiger partial charge in [0.2, 0.25) is 5.91 Å². The monoisotopic (exact) mass is 307 g/mol. The van der Waals surface area contributed by atoms with Crippen LogP contribution in [-0.4, -0.2) is 23.0 Å². The van der Waals surface area contributed by atoms with Crippen LogP contribution in [0.25, 0.3) is 0 Å². The quantitative estimate of drug-likeness (QED) is 0.840. The van der Waals surface area contributed by atoms with Crippen LogP contribution in [0.5, 0.6) is 0 Å². The van der Waals surface area contributed by atoms with Crippen molar-refractivity contribution in [2.75, 3.05) is 0 Å². The Labute approximate surface area is 133 Å². The Morgan fingerprint density at radius 3 is 2.18 bits per heavy atom. The van der Waals surface area contributed by atoms with E-state index in [0.29, 0.717) is 18.4 Å². The molecule has 3 rings (SSSR count). The molecular formula is C18H29NO3. The standard InChI is InChI=1S/C18H29NO3/c20-17(14-9-3-4-10-15(14)18(21)22)19-16-11-5-7-12-6-1-2-8-13(12)16/h12-16H,1-11H2,(H,19,20)(H,21,22). The van der Waals surface area contributed by atoms with Crippen molar-refractivity contribution in [3.05, 3.63) is 0 Å². The minimum absolute atomic E-state index is 0.0170. The molecule has 2 N–H and O–H groups in total. The van der Waals surface area contributed by atoms with Crippen LogP contribution in [0.1, 0.15) is 70.6 Å². The summed E-state index contributed by atoms with van der Waals surface area (Å²) >= 11 is 0.